The zero-order valence-electron chi connectivity index (χ0n) is 21.0. The van der Waals surface area contributed by atoms with Gasteiger partial charge in [0.2, 0.25) is 0 Å². The van der Waals surface area contributed by atoms with Gasteiger partial charge in [0.1, 0.15) is 17.4 Å². The van der Waals surface area contributed by atoms with Crippen molar-refractivity contribution in [3.8, 4) is 17.0 Å². The molecule has 1 amide bonds. The van der Waals surface area contributed by atoms with Crippen molar-refractivity contribution in [2.24, 2.45) is 0 Å². The van der Waals surface area contributed by atoms with Crippen molar-refractivity contribution in [3.05, 3.63) is 65.4 Å². The Morgan fingerprint density at radius 1 is 1.23 bits per heavy atom. The van der Waals surface area contributed by atoms with Gasteiger partial charge < -0.3 is 25.9 Å². The molecule has 0 unspecified atom stereocenters. The Labute approximate surface area is 205 Å². The van der Waals surface area contributed by atoms with Crippen LogP contribution in [0.25, 0.3) is 11.3 Å². The summed E-state index contributed by atoms with van der Waals surface area (Å²) < 4.78 is 20.6. The number of aliphatic hydroxyl groups is 1. The first-order valence-electron chi connectivity index (χ1n) is 11.8. The lowest BCUT2D eigenvalue weighted by Gasteiger charge is -2.19. The normalized spacial score (nSPS) is 12.6. The number of nitrogens with two attached hydrogens (primary N) is 1. The maximum absolute atomic E-state index is 15.0. The number of hydrogen-bond donors (Lipinski definition) is 4. The summed E-state index contributed by atoms with van der Waals surface area (Å²) in [5.74, 6) is 0.599. The molecule has 1 heterocycles. The molecule has 1 atom stereocenters. The number of nitrogens with zero attached hydrogens (tertiary/aromatic N) is 1. The number of nitrogens with one attached hydrogen (secondary N) is 2. The molecule has 35 heavy (non-hydrogen) atoms. The second kappa shape index (κ2) is 10.9. The average molecular weight is 483 g/mol. The van der Waals surface area contributed by atoms with Gasteiger partial charge in [-0.25, -0.2) is 9.37 Å². The van der Waals surface area contributed by atoms with E-state index in [9.17, 15) is 14.3 Å². The van der Waals surface area contributed by atoms with Crippen LogP contribution in [0.15, 0.2) is 42.6 Å². The second-order valence-electron chi connectivity index (χ2n) is 10.0. The highest BCUT2D eigenvalue weighted by atomic mass is 19.1. The molecule has 2 aromatic carbocycles. The fourth-order valence-corrected chi connectivity index (χ4v) is 3.73. The minimum Gasteiger partial charge on any atom is -0.489 e. The van der Waals surface area contributed by atoms with Gasteiger partial charge in [0.25, 0.3) is 5.91 Å². The number of hydrogen-bond acceptors (Lipinski definition) is 5. The number of amides is 1. The standard InChI is InChI=1S/C27H35FN4O3/c1-16(2)35-24-9-7-18(14-22(24)29)25(34)31-19(10-11-33)12-17-6-8-20(21(28)13-17)23-15-30-26(32-23)27(3,4)5/h6-9,13-16,19,33H,10-12,29H2,1-5H3,(H,30,32)(H,31,34)/t19-/m1/s1. The van der Waals surface area contributed by atoms with E-state index in [0.717, 1.165) is 5.82 Å². The topological polar surface area (TPSA) is 113 Å². The molecular weight excluding hydrogens is 447 g/mol. The third kappa shape index (κ3) is 6.82. The SMILES string of the molecule is CC(C)Oc1ccc(C(=O)N[C@H](CCO)Cc2ccc(-c3cnc(C(C)(C)C)[nH]3)c(F)c2)cc1N. The van der Waals surface area contributed by atoms with Crippen LogP contribution in [-0.2, 0) is 11.8 Å². The van der Waals surface area contributed by atoms with Crippen LogP contribution < -0.4 is 15.8 Å². The number of benzene rings is 2. The van der Waals surface area contributed by atoms with Gasteiger partial charge >= 0.3 is 0 Å². The molecule has 0 aliphatic carbocycles. The zero-order valence-corrected chi connectivity index (χ0v) is 21.0. The van der Waals surface area contributed by atoms with E-state index in [0.29, 0.717) is 46.7 Å². The van der Waals surface area contributed by atoms with Crippen molar-refractivity contribution < 1.29 is 19.0 Å². The lowest BCUT2D eigenvalue weighted by molar-refractivity contribution is 0.0930. The predicted molar refractivity (Wildman–Crippen MR) is 136 cm³/mol. The molecular formula is C27H35FN4O3. The molecule has 188 valence electrons. The van der Waals surface area contributed by atoms with Gasteiger partial charge in [-0.15, -0.1) is 0 Å². The van der Waals surface area contributed by atoms with E-state index in [1.165, 1.54) is 6.07 Å². The van der Waals surface area contributed by atoms with Crippen LogP contribution in [0.3, 0.4) is 0 Å². The summed E-state index contributed by atoms with van der Waals surface area (Å²) in [6.07, 6.45) is 2.29. The van der Waals surface area contributed by atoms with E-state index >= 15 is 0 Å². The van der Waals surface area contributed by atoms with Gasteiger partial charge in [0.05, 0.1) is 23.7 Å². The minimum atomic E-state index is -0.384. The van der Waals surface area contributed by atoms with Crippen molar-refractivity contribution in [2.45, 2.75) is 65.0 Å². The molecule has 3 aromatic rings. The molecule has 7 nitrogen and oxygen atoms in total. The van der Waals surface area contributed by atoms with E-state index in [2.05, 4.69) is 15.3 Å². The Bertz CT molecular complexity index is 1170. The third-order valence-electron chi connectivity index (χ3n) is 5.54. The highest BCUT2D eigenvalue weighted by molar-refractivity contribution is 5.95. The number of aliphatic hydroxyl groups excluding tert-OH is 1. The minimum absolute atomic E-state index is 0.0356. The van der Waals surface area contributed by atoms with Gasteiger partial charge in [-0.05, 0) is 62.6 Å². The largest absolute Gasteiger partial charge is 0.489 e. The Kier molecular flexibility index (Phi) is 8.17. The van der Waals surface area contributed by atoms with Gasteiger partial charge in [-0.3, -0.25) is 4.79 Å². The molecule has 0 saturated carbocycles. The molecule has 0 aliphatic rings. The fraction of sp³-hybridized carbons (Fsp3) is 0.407. The van der Waals surface area contributed by atoms with Crippen LogP contribution in [0.2, 0.25) is 0 Å². The van der Waals surface area contributed by atoms with Gasteiger partial charge in [0.15, 0.2) is 0 Å². The van der Waals surface area contributed by atoms with Gasteiger partial charge in [0, 0.05) is 29.2 Å². The molecule has 0 aliphatic heterocycles. The fourth-order valence-electron chi connectivity index (χ4n) is 3.73. The Balaban J connectivity index is 1.72. The average Bonchev–Trinajstić information content (AvgIpc) is 3.25. The maximum atomic E-state index is 15.0. The summed E-state index contributed by atoms with van der Waals surface area (Å²) in [6, 6.07) is 9.47. The first kappa shape index (κ1) is 26.2. The monoisotopic (exact) mass is 482 g/mol. The van der Waals surface area contributed by atoms with Crippen molar-refractivity contribution in [3.63, 3.8) is 0 Å². The summed E-state index contributed by atoms with van der Waals surface area (Å²) in [7, 11) is 0. The number of imidazole rings is 1. The molecule has 0 fully saturated rings. The predicted octanol–water partition coefficient (Wildman–Crippen LogP) is 4.61. The number of carbonyl (C=O) groups excluding carboxylic acids is 1. The highest BCUT2D eigenvalue weighted by Crippen LogP contribution is 2.27. The lowest BCUT2D eigenvalue weighted by atomic mass is 9.96. The van der Waals surface area contributed by atoms with Gasteiger partial charge in [-0.1, -0.05) is 26.8 Å². The van der Waals surface area contributed by atoms with Crippen LogP contribution in [0.4, 0.5) is 10.1 Å². The van der Waals surface area contributed by atoms with E-state index in [1.54, 1.807) is 30.5 Å². The van der Waals surface area contributed by atoms with Crippen molar-refractivity contribution in [2.75, 3.05) is 12.3 Å². The number of rotatable bonds is 9. The molecule has 3 rings (SSSR count). The summed E-state index contributed by atoms with van der Waals surface area (Å²) in [4.78, 5) is 20.4. The Hall–Kier alpha value is -3.39. The number of carbonyl (C=O) groups is 1. The summed E-state index contributed by atoms with van der Waals surface area (Å²) in [6.45, 7) is 9.78. The molecule has 0 radical (unpaired) electrons. The third-order valence-corrected chi connectivity index (χ3v) is 5.54. The second-order valence-corrected chi connectivity index (χ2v) is 10.0. The Morgan fingerprint density at radius 2 is 1.97 bits per heavy atom. The summed E-state index contributed by atoms with van der Waals surface area (Å²) in [5, 5.41) is 12.4. The number of halogens is 1. The summed E-state index contributed by atoms with van der Waals surface area (Å²) >= 11 is 0. The van der Waals surface area contributed by atoms with E-state index in [1.807, 2.05) is 40.7 Å². The molecule has 0 spiro atoms. The first-order valence-corrected chi connectivity index (χ1v) is 11.8. The highest BCUT2D eigenvalue weighted by Gasteiger charge is 2.20. The maximum Gasteiger partial charge on any atom is 0.251 e. The van der Waals surface area contributed by atoms with E-state index in [-0.39, 0.29) is 35.9 Å². The molecule has 1 aromatic heterocycles. The molecule has 0 saturated heterocycles. The zero-order chi connectivity index (χ0) is 25.8. The first-order chi connectivity index (χ1) is 16.5. The number of aromatic amines is 1. The van der Waals surface area contributed by atoms with Crippen molar-refractivity contribution in [1.29, 1.82) is 0 Å². The quantitative estimate of drug-likeness (QED) is 0.333. The number of ether oxygens (including phenoxy) is 1. The molecule has 0 bridgehead atoms. The van der Waals surface area contributed by atoms with E-state index < -0.39 is 0 Å². The van der Waals surface area contributed by atoms with Crippen molar-refractivity contribution in [1.82, 2.24) is 15.3 Å². The number of aromatic nitrogens is 2. The summed E-state index contributed by atoms with van der Waals surface area (Å²) in [5.41, 5.74) is 8.37. The van der Waals surface area contributed by atoms with E-state index in [4.69, 9.17) is 10.5 Å². The Morgan fingerprint density at radius 3 is 2.54 bits per heavy atom. The van der Waals surface area contributed by atoms with Crippen LogP contribution in [0.1, 0.15) is 62.8 Å². The number of anilines is 1. The molecule has 8 heteroatoms. The number of H-pyrrole nitrogens is 1. The van der Waals surface area contributed by atoms with Crippen LogP contribution in [-0.4, -0.2) is 39.7 Å². The van der Waals surface area contributed by atoms with Crippen molar-refractivity contribution >= 4 is 11.6 Å². The van der Waals surface area contributed by atoms with Crippen LogP contribution in [0, 0.1) is 5.82 Å². The smallest absolute Gasteiger partial charge is 0.251 e. The van der Waals surface area contributed by atoms with Crippen LogP contribution >= 0.6 is 0 Å². The lowest BCUT2D eigenvalue weighted by Crippen LogP contribution is -2.37. The molecule has 5 N–H and O–H groups in total. The number of nitrogen functional groups attached to an aromatic ring is 1. The van der Waals surface area contributed by atoms with Crippen LogP contribution in [0.5, 0.6) is 5.75 Å². The van der Waals surface area contributed by atoms with Gasteiger partial charge in [-0.2, -0.15) is 0 Å².